The topological polar surface area (TPSA) is 325 Å². The maximum absolute atomic E-state index is 15.2. The van der Waals surface area contributed by atoms with Crippen LogP contribution in [0.5, 0.6) is 0 Å². The predicted octanol–water partition coefficient (Wildman–Crippen LogP) is -0.613. The summed E-state index contributed by atoms with van der Waals surface area (Å²) < 4.78 is 81.6. The van der Waals surface area contributed by atoms with Crippen LogP contribution in [0.15, 0.2) is 12.7 Å². The van der Waals surface area contributed by atoms with Crippen molar-refractivity contribution in [2.45, 2.75) is 96.0 Å². The molecule has 0 bridgehead atoms. The number of carbonyl (C=O) groups excluding carboxylic acids is 5. The molecule has 2 fully saturated rings. The van der Waals surface area contributed by atoms with E-state index in [2.05, 4.69) is 15.0 Å². The molecule has 2 saturated heterocycles. The Bertz CT molecular complexity index is 1870. The highest BCUT2D eigenvalue weighted by Gasteiger charge is 2.57. The van der Waals surface area contributed by atoms with Gasteiger partial charge in [-0.25, -0.2) is 28.2 Å². The number of carbonyl (C=O) groups is 5. The second-order valence-electron chi connectivity index (χ2n) is 11.6. The Kier molecular flexibility index (Phi) is 14.4. The summed E-state index contributed by atoms with van der Waals surface area (Å²) in [5.74, 6) is -5.08. The normalized spacial score (nSPS) is 29.3. The number of hydrogen-bond donors (Lipinski definition) is 4. The highest BCUT2D eigenvalue weighted by Crippen LogP contribution is 2.62. The molecule has 12 atom stereocenters. The number of alkyl halides is 1. The molecule has 0 saturated carbocycles. The minimum absolute atomic E-state index is 0.00710. The number of aliphatic hydroxyl groups is 1. The van der Waals surface area contributed by atoms with Crippen molar-refractivity contribution in [3.63, 3.8) is 0 Å². The van der Waals surface area contributed by atoms with Crippen LogP contribution in [-0.4, -0.2) is 133 Å². The zero-order chi connectivity index (χ0) is 41.0. The molecule has 0 amide bonds. The van der Waals surface area contributed by atoms with Gasteiger partial charge in [0.25, 0.3) is 0 Å². The van der Waals surface area contributed by atoms with E-state index in [9.17, 15) is 43.4 Å². The fraction of sp³-hybridized carbons (Fsp3) is 0.630. The Morgan fingerprint density at radius 1 is 0.945 bits per heavy atom. The lowest BCUT2D eigenvalue weighted by Crippen LogP contribution is -2.65. The molecular weight excluding hydrogens is 811 g/mol. The molecule has 2 aliphatic heterocycles. The number of ether oxygens (including phenoxy) is 7. The Morgan fingerprint density at radius 3 is 2.16 bits per heavy atom. The van der Waals surface area contributed by atoms with Crippen LogP contribution >= 0.6 is 14.5 Å². The average Bonchev–Trinajstić information content (AvgIpc) is 3.60. The number of nitrogen functional groups attached to an aromatic ring is 1. The molecule has 0 spiro atoms. The van der Waals surface area contributed by atoms with Crippen molar-refractivity contribution >= 4 is 73.2 Å². The van der Waals surface area contributed by atoms with E-state index >= 15 is 4.39 Å². The van der Waals surface area contributed by atoms with Crippen molar-refractivity contribution in [1.29, 1.82) is 0 Å². The van der Waals surface area contributed by atoms with Gasteiger partial charge in [-0.15, -0.1) is 0 Å². The Labute approximate surface area is 314 Å². The highest BCUT2D eigenvalue weighted by molar-refractivity contribution is 8.08. The van der Waals surface area contributed by atoms with Crippen LogP contribution in [0.4, 0.5) is 10.2 Å². The zero-order valence-corrected chi connectivity index (χ0v) is 31.9. The number of fused-ring (bicyclic) bond motifs is 1. The molecule has 4 heterocycles. The summed E-state index contributed by atoms with van der Waals surface area (Å²) in [5.41, 5.74) is 5.98. The van der Waals surface area contributed by atoms with Crippen LogP contribution < -0.4 is 5.73 Å². The molecule has 0 aliphatic carbocycles. The third kappa shape index (κ3) is 11.4. The quantitative estimate of drug-likeness (QED) is 0.0986. The van der Waals surface area contributed by atoms with Gasteiger partial charge in [0, 0.05) is 34.6 Å². The van der Waals surface area contributed by atoms with E-state index < -0.39 is 119 Å². The van der Waals surface area contributed by atoms with E-state index in [4.69, 9.17) is 64.1 Å². The van der Waals surface area contributed by atoms with E-state index in [1.807, 2.05) is 0 Å². The summed E-state index contributed by atoms with van der Waals surface area (Å²) >= 11 is 4.83. The number of aliphatic hydroxyl groups excluding tert-OH is 1. The van der Waals surface area contributed by atoms with E-state index in [0.717, 1.165) is 51.8 Å². The maximum Gasteiger partial charge on any atom is 0.481 e. The number of imidazole rings is 1. The first-order valence-electron chi connectivity index (χ1n) is 15.7. The Balaban J connectivity index is 1.57. The molecule has 5 N–H and O–H groups in total. The lowest BCUT2D eigenvalue weighted by Gasteiger charge is -2.45. The summed E-state index contributed by atoms with van der Waals surface area (Å²) in [6.45, 7) is -2.03. The number of esters is 5. The van der Waals surface area contributed by atoms with Gasteiger partial charge in [0.2, 0.25) is 6.29 Å². The lowest BCUT2D eigenvalue weighted by molar-refractivity contribution is -0.301. The van der Waals surface area contributed by atoms with Gasteiger partial charge < -0.3 is 58.3 Å². The fourth-order valence-corrected chi connectivity index (χ4v) is 8.49. The minimum atomic E-state index is -5.77. The van der Waals surface area contributed by atoms with Crippen molar-refractivity contribution in [3.8, 4) is 0 Å². The van der Waals surface area contributed by atoms with E-state index in [-0.39, 0.29) is 17.0 Å². The van der Waals surface area contributed by atoms with Crippen LogP contribution in [0.3, 0.4) is 0 Å². The van der Waals surface area contributed by atoms with Gasteiger partial charge in [-0.2, -0.15) is 0 Å². The predicted molar refractivity (Wildman–Crippen MR) is 177 cm³/mol. The van der Waals surface area contributed by atoms with Crippen LogP contribution in [-0.2, 0) is 86.9 Å². The van der Waals surface area contributed by atoms with Gasteiger partial charge >= 0.3 is 44.4 Å². The Morgan fingerprint density at radius 2 is 1.56 bits per heavy atom. The number of nitrogens with zero attached hydrogens (tertiary/aromatic N) is 4. The van der Waals surface area contributed by atoms with Crippen molar-refractivity contribution in [2.75, 3.05) is 18.9 Å². The standard InChI is InChI=1S/C27H36FN5O19P2S/c1-10(34)43-6-16(45-11(2)35)20-21(46-12(3)36)22(47-13(4)37)23(48-14(5)38)27(50-20)51-53(40,41)52-54(42,55)44-7-15-17(28)19(39)26(49-15)33-9-32-18-24(29)30-8-31-25(18)33/h8-9,15-17,19-23,26-27,39H,6-7H2,1-5H3,(H,40,41)(H,42,55)(H2,29,30,31)/t15-,16-,17?,19?,20?,21-,22?,23-,26-,27+,54?/m1/s1. The van der Waals surface area contributed by atoms with Gasteiger partial charge in [0.1, 0.15) is 36.8 Å². The molecule has 0 aromatic carbocycles. The summed E-state index contributed by atoms with van der Waals surface area (Å²) in [6, 6.07) is 0. The largest absolute Gasteiger partial charge is 0.481 e. The molecule has 6 unspecified atom stereocenters. The van der Waals surface area contributed by atoms with E-state index in [1.165, 1.54) is 0 Å². The molecule has 24 nitrogen and oxygen atoms in total. The van der Waals surface area contributed by atoms with Gasteiger partial charge in [-0.05, 0) is 11.8 Å². The second kappa shape index (κ2) is 18.0. The first kappa shape index (κ1) is 43.9. The molecule has 2 aliphatic rings. The number of nitrogens with two attached hydrogens (primary N) is 1. The zero-order valence-electron chi connectivity index (χ0n) is 29.3. The van der Waals surface area contributed by atoms with Crippen LogP contribution in [0, 0.1) is 0 Å². The highest BCUT2D eigenvalue weighted by atomic mass is 32.5. The number of halogens is 1. The molecule has 306 valence electrons. The number of phosphoric acid groups is 1. The summed E-state index contributed by atoms with van der Waals surface area (Å²) in [7, 11) is -5.77. The monoisotopic (exact) mass is 847 g/mol. The van der Waals surface area contributed by atoms with Gasteiger partial charge in [0.15, 0.2) is 48.3 Å². The number of anilines is 1. The summed E-state index contributed by atoms with van der Waals surface area (Å²) in [5, 5.41) is 10.6. The summed E-state index contributed by atoms with van der Waals surface area (Å²) in [4.78, 5) is 93.5. The summed E-state index contributed by atoms with van der Waals surface area (Å²) in [6.07, 6.45) is -16.7. The molecule has 2 aromatic rings. The third-order valence-corrected chi connectivity index (χ3v) is 10.9. The molecule has 0 radical (unpaired) electrons. The molecule has 28 heteroatoms. The second-order valence-corrected chi connectivity index (χ2v) is 16.0. The minimum Gasteiger partial charge on any atom is -0.462 e. The van der Waals surface area contributed by atoms with Gasteiger partial charge in [0.05, 0.1) is 12.9 Å². The van der Waals surface area contributed by atoms with Crippen molar-refractivity contribution in [1.82, 2.24) is 19.5 Å². The number of aromatic nitrogens is 4. The number of phosphoric ester groups is 1. The SMILES string of the molecule is CC(=O)OC[C@@H](OC(C)=O)C1O[C@@H](OP(=O)(O)OP(O)(=S)OC[C@H]2O[C@@H](n3cnc4c(N)ncnc43)C(O)C2F)[C@H](OC(C)=O)C(OC(C)=O)[C@@H]1OC(C)=O. The molecule has 55 heavy (non-hydrogen) atoms. The maximum atomic E-state index is 15.2. The number of hydrogen-bond acceptors (Lipinski definition) is 22. The van der Waals surface area contributed by atoms with Crippen LogP contribution in [0.2, 0.25) is 0 Å². The van der Waals surface area contributed by atoms with Crippen LogP contribution in [0.1, 0.15) is 40.8 Å². The van der Waals surface area contributed by atoms with E-state index in [1.54, 1.807) is 0 Å². The van der Waals surface area contributed by atoms with E-state index in [0.29, 0.717) is 0 Å². The fourth-order valence-electron chi connectivity index (χ4n) is 5.40. The van der Waals surface area contributed by atoms with Gasteiger partial charge in [-0.1, -0.05) is 0 Å². The molecule has 2 aromatic heterocycles. The third-order valence-electron chi connectivity index (χ3n) is 7.37. The van der Waals surface area contributed by atoms with Crippen molar-refractivity contribution in [3.05, 3.63) is 12.7 Å². The average molecular weight is 848 g/mol. The van der Waals surface area contributed by atoms with Gasteiger partial charge in [-0.3, -0.25) is 33.1 Å². The van der Waals surface area contributed by atoms with Crippen molar-refractivity contribution < 1.29 is 94.3 Å². The van der Waals surface area contributed by atoms with Crippen LogP contribution in [0.25, 0.3) is 11.2 Å². The lowest BCUT2D eigenvalue weighted by atomic mass is 9.94. The first-order valence-corrected chi connectivity index (χ1v) is 19.8. The molecule has 4 rings (SSSR count). The van der Waals surface area contributed by atoms with Crippen molar-refractivity contribution in [2.24, 2.45) is 0 Å². The Hall–Kier alpha value is -3.81. The molecular formula is C27H36FN5O19P2S. The smallest absolute Gasteiger partial charge is 0.462 e. The number of rotatable bonds is 15. The first-order chi connectivity index (χ1) is 25.6.